The molecule has 2 aromatic heterocycles. The number of anilines is 1. The Morgan fingerprint density at radius 2 is 2.00 bits per heavy atom. The van der Waals surface area contributed by atoms with Gasteiger partial charge in [0.15, 0.2) is 5.82 Å². The van der Waals surface area contributed by atoms with Gasteiger partial charge < -0.3 is 4.90 Å². The Morgan fingerprint density at radius 3 is 2.78 bits per heavy atom. The van der Waals surface area contributed by atoms with E-state index in [0.717, 1.165) is 44.1 Å². The topological polar surface area (TPSA) is 45.2 Å². The molecule has 1 aliphatic heterocycles. The average molecular weight is 325 g/mol. The lowest BCUT2D eigenvalue weighted by Gasteiger charge is -2.34. The maximum absolute atomic E-state index is 4.61. The number of hydrogen-bond acceptors (Lipinski definition) is 6. The molecule has 4 rings (SSSR count). The maximum atomic E-state index is 4.61. The normalized spacial score (nSPS) is 16.1. The molecule has 0 atom stereocenters. The van der Waals surface area contributed by atoms with Crippen LogP contribution in [-0.2, 0) is 6.54 Å². The highest BCUT2D eigenvalue weighted by Crippen LogP contribution is 2.22. The van der Waals surface area contributed by atoms with Gasteiger partial charge in [-0.3, -0.25) is 9.88 Å². The Morgan fingerprint density at radius 1 is 1.13 bits per heavy atom. The summed E-state index contributed by atoms with van der Waals surface area (Å²) in [5.74, 6) is 1.01. The summed E-state index contributed by atoms with van der Waals surface area (Å²) in [5.41, 5.74) is 3.74. The highest BCUT2D eigenvalue weighted by Gasteiger charge is 2.19. The number of pyridine rings is 1. The lowest BCUT2D eigenvalue weighted by molar-refractivity contribution is 0.250. The summed E-state index contributed by atoms with van der Waals surface area (Å²) in [4.78, 5) is 9.42. The zero-order chi connectivity index (χ0) is 15.6. The minimum absolute atomic E-state index is 0.955. The standard InChI is InChI=1S/C17H19N5S/c1-13-4-5-14(17-15(13)3-2-6-18-17)12-21-7-9-22(10-8-21)16-11-19-23-20-16/h2-6,11H,7-10,12H2,1H3. The number of benzene rings is 1. The van der Waals surface area contributed by atoms with Crippen LogP contribution in [0.2, 0.25) is 0 Å². The minimum atomic E-state index is 0.955. The molecular weight excluding hydrogens is 306 g/mol. The van der Waals surface area contributed by atoms with Crippen LogP contribution in [0.4, 0.5) is 5.82 Å². The second-order valence-electron chi connectivity index (χ2n) is 5.97. The predicted octanol–water partition coefficient (Wildman–Crippen LogP) is 2.72. The van der Waals surface area contributed by atoms with E-state index in [2.05, 4.69) is 48.7 Å². The van der Waals surface area contributed by atoms with Gasteiger partial charge in [0.25, 0.3) is 0 Å². The summed E-state index contributed by atoms with van der Waals surface area (Å²) >= 11 is 1.28. The van der Waals surface area contributed by atoms with Crippen LogP contribution in [0.3, 0.4) is 0 Å². The molecule has 118 valence electrons. The van der Waals surface area contributed by atoms with E-state index in [-0.39, 0.29) is 0 Å². The summed E-state index contributed by atoms with van der Waals surface area (Å²) < 4.78 is 8.42. The second kappa shape index (κ2) is 6.22. The van der Waals surface area contributed by atoms with Gasteiger partial charge in [0, 0.05) is 44.3 Å². The number of aryl methyl sites for hydroxylation is 1. The van der Waals surface area contributed by atoms with Gasteiger partial charge in [-0.1, -0.05) is 18.2 Å². The Bertz CT molecular complexity index is 794. The minimum Gasteiger partial charge on any atom is -0.352 e. The van der Waals surface area contributed by atoms with Crippen LogP contribution < -0.4 is 4.90 Å². The Hall–Kier alpha value is -2.05. The number of aromatic nitrogens is 3. The molecule has 23 heavy (non-hydrogen) atoms. The van der Waals surface area contributed by atoms with E-state index >= 15 is 0 Å². The molecule has 0 aliphatic carbocycles. The molecule has 0 saturated carbocycles. The first-order chi connectivity index (χ1) is 11.3. The lowest BCUT2D eigenvalue weighted by Crippen LogP contribution is -2.46. The third-order valence-electron chi connectivity index (χ3n) is 4.51. The lowest BCUT2D eigenvalue weighted by atomic mass is 10.0. The van der Waals surface area contributed by atoms with Crippen molar-refractivity contribution in [2.45, 2.75) is 13.5 Å². The number of piperazine rings is 1. The third-order valence-corrected chi connectivity index (χ3v) is 4.98. The molecule has 3 heterocycles. The first-order valence-electron chi connectivity index (χ1n) is 7.89. The first-order valence-corrected chi connectivity index (χ1v) is 8.62. The van der Waals surface area contributed by atoms with E-state index in [4.69, 9.17) is 0 Å². The van der Waals surface area contributed by atoms with Crippen molar-refractivity contribution >= 4 is 28.4 Å². The SMILES string of the molecule is Cc1ccc(CN2CCN(c3cnsn3)CC2)c2ncccc12. The van der Waals surface area contributed by atoms with Crippen molar-refractivity contribution in [3.05, 3.63) is 47.8 Å². The molecule has 0 N–H and O–H groups in total. The van der Waals surface area contributed by atoms with E-state index in [1.54, 1.807) is 0 Å². The van der Waals surface area contributed by atoms with Crippen molar-refractivity contribution in [1.29, 1.82) is 0 Å². The Labute approximate surface area is 139 Å². The van der Waals surface area contributed by atoms with Gasteiger partial charge in [-0.05, 0) is 24.1 Å². The van der Waals surface area contributed by atoms with E-state index < -0.39 is 0 Å². The van der Waals surface area contributed by atoms with Crippen LogP contribution in [0.25, 0.3) is 10.9 Å². The zero-order valence-electron chi connectivity index (χ0n) is 13.1. The number of fused-ring (bicyclic) bond motifs is 1. The molecular formula is C17H19N5S. The Kier molecular flexibility index (Phi) is 3.93. The summed E-state index contributed by atoms with van der Waals surface area (Å²) in [7, 11) is 0. The third kappa shape index (κ3) is 2.92. The molecule has 0 radical (unpaired) electrons. The fraction of sp³-hybridized carbons (Fsp3) is 0.353. The molecule has 0 amide bonds. The predicted molar refractivity (Wildman–Crippen MR) is 93.9 cm³/mol. The monoisotopic (exact) mass is 325 g/mol. The van der Waals surface area contributed by atoms with Crippen LogP contribution in [0.15, 0.2) is 36.7 Å². The van der Waals surface area contributed by atoms with Gasteiger partial charge in [0.05, 0.1) is 23.4 Å². The molecule has 1 aromatic carbocycles. The molecule has 0 spiro atoms. The second-order valence-corrected chi connectivity index (χ2v) is 6.53. The van der Waals surface area contributed by atoms with Crippen molar-refractivity contribution < 1.29 is 0 Å². The van der Waals surface area contributed by atoms with Gasteiger partial charge in [-0.15, -0.1) is 0 Å². The zero-order valence-corrected chi connectivity index (χ0v) is 14.0. The first kappa shape index (κ1) is 14.5. The van der Waals surface area contributed by atoms with Crippen molar-refractivity contribution in [2.24, 2.45) is 0 Å². The quantitative estimate of drug-likeness (QED) is 0.741. The van der Waals surface area contributed by atoms with Crippen LogP contribution in [0.1, 0.15) is 11.1 Å². The maximum Gasteiger partial charge on any atom is 0.162 e. The van der Waals surface area contributed by atoms with Crippen LogP contribution in [-0.4, -0.2) is 44.8 Å². The fourth-order valence-electron chi connectivity index (χ4n) is 3.18. The smallest absolute Gasteiger partial charge is 0.162 e. The Balaban J connectivity index is 1.49. The van der Waals surface area contributed by atoms with Gasteiger partial charge in [-0.25, -0.2) is 0 Å². The largest absolute Gasteiger partial charge is 0.352 e. The van der Waals surface area contributed by atoms with Crippen molar-refractivity contribution in [3.8, 4) is 0 Å². The van der Waals surface area contributed by atoms with Gasteiger partial charge in [0.1, 0.15) is 0 Å². The van der Waals surface area contributed by atoms with Crippen molar-refractivity contribution in [2.75, 3.05) is 31.1 Å². The molecule has 1 saturated heterocycles. The highest BCUT2D eigenvalue weighted by atomic mass is 32.1. The summed E-state index contributed by atoms with van der Waals surface area (Å²) in [6, 6.07) is 8.60. The number of rotatable bonds is 3. The van der Waals surface area contributed by atoms with E-state index in [1.165, 1.54) is 28.2 Å². The number of nitrogens with zero attached hydrogens (tertiary/aromatic N) is 5. The highest BCUT2D eigenvalue weighted by molar-refractivity contribution is 6.99. The summed E-state index contributed by atoms with van der Waals surface area (Å²) in [6.07, 6.45) is 3.75. The molecule has 5 nitrogen and oxygen atoms in total. The molecule has 1 aliphatic rings. The van der Waals surface area contributed by atoms with Gasteiger partial charge in [-0.2, -0.15) is 8.75 Å². The van der Waals surface area contributed by atoms with Crippen LogP contribution in [0.5, 0.6) is 0 Å². The van der Waals surface area contributed by atoms with E-state index in [0.29, 0.717) is 0 Å². The average Bonchev–Trinajstić information content (AvgIpc) is 3.13. The van der Waals surface area contributed by atoms with Crippen molar-refractivity contribution in [1.82, 2.24) is 18.6 Å². The summed E-state index contributed by atoms with van der Waals surface area (Å²) in [5, 5.41) is 1.26. The molecule has 6 heteroatoms. The van der Waals surface area contributed by atoms with Gasteiger partial charge >= 0.3 is 0 Å². The number of hydrogen-bond donors (Lipinski definition) is 0. The molecule has 0 unspecified atom stereocenters. The van der Waals surface area contributed by atoms with Gasteiger partial charge in [0.2, 0.25) is 0 Å². The molecule has 1 fully saturated rings. The molecule has 3 aromatic rings. The van der Waals surface area contributed by atoms with Crippen LogP contribution >= 0.6 is 11.7 Å². The summed E-state index contributed by atoms with van der Waals surface area (Å²) in [6.45, 7) is 7.19. The van der Waals surface area contributed by atoms with E-state index in [9.17, 15) is 0 Å². The van der Waals surface area contributed by atoms with Crippen LogP contribution in [0, 0.1) is 6.92 Å². The fourth-order valence-corrected chi connectivity index (χ4v) is 3.61. The molecule has 0 bridgehead atoms. The van der Waals surface area contributed by atoms with E-state index in [1.807, 2.05) is 18.5 Å². The van der Waals surface area contributed by atoms with Crippen molar-refractivity contribution in [3.63, 3.8) is 0 Å².